The lowest BCUT2D eigenvalue weighted by molar-refractivity contribution is -0.384. The minimum absolute atomic E-state index is 0.0654. The number of benzene rings is 1. The van der Waals surface area contributed by atoms with Crippen LogP contribution in [0.15, 0.2) is 29.4 Å². The van der Waals surface area contributed by atoms with Crippen LogP contribution in [0.3, 0.4) is 0 Å². The van der Waals surface area contributed by atoms with Gasteiger partial charge in [0.05, 0.1) is 9.82 Å². The van der Waals surface area contributed by atoms with E-state index in [4.69, 9.17) is 0 Å². The van der Waals surface area contributed by atoms with Gasteiger partial charge in [0, 0.05) is 31.6 Å². The van der Waals surface area contributed by atoms with E-state index >= 15 is 0 Å². The van der Waals surface area contributed by atoms with Crippen LogP contribution in [0.25, 0.3) is 0 Å². The van der Waals surface area contributed by atoms with Crippen molar-refractivity contribution in [3.63, 3.8) is 0 Å². The summed E-state index contributed by atoms with van der Waals surface area (Å²) in [7, 11) is -5.68. The maximum Gasteiger partial charge on any atom is 0.501 e. The van der Waals surface area contributed by atoms with Gasteiger partial charge >= 0.3 is 5.51 Å². The Kier molecular flexibility index (Phi) is 5.52. The highest BCUT2D eigenvalue weighted by atomic mass is 32.2. The van der Waals surface area contributed by atoms with Gasteiger partial charge in [-0.3, -0.25) is 10.1 Å². The number of hydrogen-bond donors (Lipinski definition) is 0. The van der Waals surface area contributed by atoms with E-state index in [-0.39, 0.29) is 11.6 Å². The number of hydrogen-bond acceptors (Lipinski definition) is 7. The van der Waals surface area contributed by atoms with Gasteiger partial charge in [-0.15, -0.1) is 10.2 Å². The Morgan fingerprint density at radius 2 is 2.07 bits per heavy atom. The summed E-state index contributed by atoms with van der Waals surface area (Å²) in [5.74, 6) is 0.667. The Hall–Kier alpha value is -2.70. The molecule has 1 aromatic carbocycles. The molecule has 1 aliphatic heterocycles. The van der Waals surface area contributed by atoms with Crippen molar-refractivity contribution in [2.24, 2.45) is 0 Å². The van der Waals surface area contributed by atoms with Crippen molar-refractivity contribution < 1.29 is 26.5 Å². The van der Waals surface area contributed by atoms with Gasteiger partial charge in [0.15, 0.2) is 0 Å². The number of nitro benzene ring substituents is 1. The van der Waals surface area contributed by atoms with E-state index in [1.807, 2.05) is 11.5 Å². The molecule has 0 spiro atoms. The predicted octanol–water partition coefficient (Wildman–Crippen LogP) is 2.88. The maximum atomic E-state index is 12.8. The summed E-state index contributed by atoms with van der Waals surface area (Å²) in [4.78, 5) is 11.1. The lowest BCUT2D eigenvalue weighted by atomic mass is 9.96. The number of rotatable bonds is 5. The first-order valence-electron chi connectivity index (χ1n) is 8.78. The Morgan fingerprint density at radius 3 is 2.69 bits per heavy atom. The van der Waals surface area contributed by atoms with E-state index in [0.717, 1.165) is 24.4 Å². The highest BCUT2D eigenvalue weighted by Crippen LogP contribution is 2.38. The van der Waals surface area contributed by atoms with Crippen LogP contribution in [0.1, 0.15) is 31.5 Å². The Morgan fingerprint density at radius 1 is 1.34 bits per heavy atom. The molecule has 2 heterocycles. The third-order valence-corrected chi connectivity index (χ3v) is 6.36. The summed E-state index contributed by atoms with van der Waals surface area (Å²) >= 11 is 0. The number of aryl methyl sites for hydroxylation is 1. The minimum Gasteiger partial charge on any atom is -0.365 e. The normalized spacial score (nSPS) is 18.1. The van der Waals surface area contributed by atoms with Crippen LogP contribution in [0.4, 0.5) is 24.5 Å². The zero-order valence-electron chi connectivity index (χ0n) is 15.3. The van der Waals surface area contributed by atoms with Crippen molar-refractivity contribution in [3.8, 4) is 0 Å². The van der Waals surface area contributed by atoms with Crippen LogP contribution >= 0.6 is 0 Å². The zero-order chi connectivity index (χ0) is 21.4. The second kappa shape index (κ2) is 7.61. The highest BCUT2D eigenvalue weighted by Gasteiger charge is 2.47. The average molecular weight is 433 g/mol. The maximum absolute atomic E-state index is 12.8. The summed E-state index contributed by atoms with van der Waals surface area (Å²) in [6.45, 7) is 3.38. The summed E-state index contributed by atoms with van der Waals surface area (Å²) in [5, 5.41) is 19.5. The molecule has 0 aliphatic carbocycles. The van der Waals surface area contributed by atoms with E-state index < -0.39 is 30.9 Å². The number of nitro groups is 1. The van der Waals surface area contributed by atoms with Crippen LogP contribution in [-0.2, 0) is 16.4 Å². The Balaban J connectivity index is 1.97. The highest BCUT2D eigenvalue weighted by molar-refractivity contribution is 7.92. The molecule has 0 amide bonds. The van der Waals surface area contributed by atoms with Gasteiger partial charge in [-0.2, -0.15) is 13.2 Å². The molecule has 0 N–H and O–H groups in total. The zero-order valence-corrected chi connectivity index (χ0v) is 16.1. The SMILES string of the molecule is CCn1cnnc1[C@H]1CCCN(c2ccc(S(=O)(=O)C(F)(F)F)cc2[N+](=O)[O-])C1. The van der Waals surface area contributed by atoms with Crippen molar-refractivity contribution in [1.82, 2.24) is 14.8 Å². The molecule has 1 aromatic heterocycles. The first-order valence-corrected chi connectivity index (χ1v) is 10.3. The molecule has 0 bridgehead atoms. The fourth-order valence-corrected chi connectivity index (χ4v) is 4.23. The lowest BCUT2D eigenvalue weighted by Gasteiger charge is -2.33. The van der Waals surface area contributed by atoms with Crippen LogP contribution in [-0.4, -0.2) is 46.7 Å². The molecule has 158 valence electrons. The van der Waals surface area contributed by atoms with Gasteiger partial charge < -0.3 is 9.47 Å². The fourth-order valence-electron chi connectivity index (χ4n) is 3.45. The van der Waals surface area contributed by atoms with E-state index in [2.05, 4.69) is 10.2 Å². The van der Waals surface area contributed by atoms with Gasteiger partial charge in [0.25, 0.3) is 15.5 Å². The number of sulfone groups is 1. The number of piperidine rings is 1. The number of aromatic nitrogens is 3. The second-order valence-electron chi connectivity index (χ2n) is 6.62. The molecule has 0 unspecified atom stereocenters. The van der Waals surface area contributed by atoms with Gasteiger partial charge in [-0.05, 0) is 31.9 Å². The molecular formula is C16H18F3N5O4S. The van der Waals surface area contributed by atoms with Crippen molar-refractivity contribution in [3.05, 3.63) is 40.5 Å². The third kappa shape index (κ3) is 3.91. The number of nitrogens with zero attached hydrogens (tertiary/aromatic N) is 5. The van der Waals surface area contributed by atoms with Crippen molar-refractivity contribution in [2.75, 3.05) is 18.0 Å². The fraction of sp³-hybridized carbons (Fsp3) is 0.500. The van der Waals surface area contributed by atoms with E-state index in [0.29, 0.717) is 32.1 Å². The smallest absolute Gasteiger partial charge is 0.365 e. The second-order valence-corrected chi connectivity index (χ2v) is 8.56. The number of alkyl halides is 3. The quantitative estimate of drug-likeness (QED) is 0.526. The molecular weight excluding hydrogens is 415 g/mol. The minimum atomic E-state index is -5.68. The first kappa shape index (κ1) is 21.0. The third-order valence-electron chi connectivity index (χ3n) is 4.87. The molecule has 1 aliphatic rings. The predicted molar refractivity (Wildman–Crippen MR) is 96.2 cm³/mol. The van der Waals surface area contributed by atoms with Gasteiger partial charge in [0.1, 0.15) is 17.8 Å². The van der Waals surface area contributed by atoms with E-state index in [9.17, 15) is 31.7 Å². The van der Waals surface area contributed by atoms with E-state index in [1.165, 1.54) is 0 Å². The summed E-state index contributed by atoms with van der Waals surface area (Å²) in [5.41, 5.74) is -6.15. The van der Waals surface area contributed by atoms with Gasteiger partial charge in [-0.25, -0.2) is 8.42 Å². The molecule has 0 radical (unpaired) electrons. The monoisotopic (exact) mass is 433 g/mol. The Labute approximate surface area is 164 Å². The number of anilines is 1. The molecule has 1 saturated heterocycles. The molecule has 13 heteroatoms. The van der Waals surface area contributed by atoms with Crippen molar-refractivity contribution in [1.29, 1.82) is 0 Å². The summed E-state index contributed by atoms with van der Waals surface area (Å²) < 4.78 is 63.5. The van der Waals surface area contributed by atoms with Gasteiger partial charge in [0.2, 0.25) is 0 Å². The summed E-state index contributed by atoms with van der Waals surface area (Å²) in [6, 6.07) is 2.28. The average Bonchev–Trinajstić information content (AvgIpc) is 3.15. The molecule has 9 nitrogen and oxygen atoms in total. The number of halogens is 3. The van der Waals surface area contributed by atoms with Crippen LogP contribution in [0.2, 0.25) is 0 Å². The standard InChI is InChI=1S/C16H18F3N5O4S/c1-2-22-10-20-21-15(22)11-4-3-7-23(9-11)13-6-5-12(8-14(13)24(25)26)29(27,28)16(17,18)19/h5-6,8,10-11H,2-4,7,9H2,1H3/t11-/m0/s1. The van der Waals surface area contributed by atoms with Crippen molar-refractivity contribution in [2.45, 2.75) is 42.6 Å². The Bertz CT molecular complexity index is 1020. The van der Waals surface area contributed by atoms with Crippen molar-refractivity contribution >= 4 is 21.2 Å². The molecule has 2 aromatic rings. The largest absolute Gasteiger partial charge is 0.501 e. The molecule has 1 atom stereocenters. The molecule has 3 rings (SSSR count). The molecule has 0 saturated carbocycles. The van der Waals surface area contributed by atoms with Crippen LogP contribution in [0, 0.1) is 10.1 Å². The summed E-state index contributed by atoms with van der Waals surface area (Å²) in [6.07, 6.45) is 3.05. The van der Waals surface area contributed by atoms with Gasteiger partial charge in [-0.1, -0.05) is 0 Å². The molecule has 29 heavy (non-hydrogen) atoms. The first-order chi connectivity index (χ1) is 13.6. The van der Waals surface area contributed by atoms with E-state index in [1.54, 1.807) is 11.2 Å². The molecule has 1 fully saturated rings. The lowest BCUT2D eigenvalue weighted by Crippen LogP contribution is -2.35. The van der Waals surface area contributed by atoms with Crippen LogP contribution < -0.4 is 4.90 Å². The van der Waals surface area contributed by atoms with Crippen LogP contribution in [0.5, 0.6) is 0 Å². The topological polar surface area (TPSA) is 111 Å².